The molecule has 0 saturated heterocycles. The minimum Gasteiger partial charge on any atom is -0.322 e. The van der Waals surface area contributed by atoms with E-state index in [0.29, 0.717) is 5.56 Å². The van der Waals surface area contributed by atoms with Crippen molar-refractivity contribution in [1.82, 2.24) is 4.90 Å². The molecule has 1 N–H and O–H groups in total. The summed E-state index contributed by atoms with van der Waals surface area (Å²) < 4.78 is 0.801. The van der Waals surface area contributed by atoms with Crippen molar-refractivity contribution in [2.75, 3.05) is 19.4 Å². The van der Waals surface area contributed by atoms with Gasteiger partial charge in [0, 0.05) is 16.7 Å². The smallest absolute Gasteiger partial charge is 0.256 e. The number of rotatable bonds is 4. The van der Waals surface area contributed by atoms with E-state index in [1.54, 1.807) is 0 Å². The van der Waals surface area contributed by atoms with Crippen LogP contribution in [0.15, 0.2) is 46.9 Å². The summed E-state index contributed by atoms with van der Waals surface area (Å²) in [6, 6.07) is 13.7. The van der Waals surface area contributed by atoms with Crippen LogP contribution in [-0.4, -0.2) is 24.9 Å². The van der Waals surface area contributed by atoms with Gasteiger partial charge in [-0.25, -0.2) is 0 Å². The number of aryl methyl sites for hydroxylation is 1. The molecular weight excluding hydrogens is 328 g/mol. The van der Waals surface area contributed by atoms with Crippen LogP contribution in [0.25, 0.3) is 0 Å². The van der Waals surface area contributed by atoms with Crippen LogP contribution in [0.3, 0.4) is 0 Å². The number of nitrogens with zero attached hydrogens (tertiary/aromatic N) is 1. The molecule has 0 aromatic heterocycles. The molecule has 110 valence electrons. The Morgan fingerprint density at radius 2 is 1.81 bits per heavy atom. The molecule has 0 bridgehead atoms. The molecule has 3 nitrogen and oxygen atoms in total. The van der Waals surface area contributed by atoms with Crippen LogP contribution in [0.5, 0.6) is 0 Å². The SMILES string of the molecule is Cc1ccc(Br)c(C(=O)Nc2ccc(CN(C)C)cc2)c1. The van der Waals surface area contributed by atoms with Crippen LogP contribution in [0.2, 0.25) is 0 Å². The molecule has 0 atom stereocenters. The summed E-state index contributed by atoms with van der Waals surface area (Å²) in [5.41, 5.74) is 3.72. The number of hydrogen-bond donors (Lipinski definition) is 1. The number of hydrogen-bond acceptors (Lipinski definition) is 2. The zero-order valence-electron chi connectivity index (χ0n) is 12.5. The summed E-state index contributed by atoms with van der Waals surface area (Å²) in [6.45, 7) is 2.86. The molecule has 2 aromatic rings. The Bertz CT molecular complexity index is 636. The summed E-state index contributed by atoms with van der Waals surface area (Å²) in [5.74, 6) is -0.106. The third kappa shape index (κ3) is 4.41. The maximum Gasteiger partial charge on any atom is 0.256 e. The van der Waals surface area contributed by atoms with E-state index in [4.69, 9.17) is 0 Å². The van der Waals surface area contributed by atoms with Crippen LogP contribution in [0, 0.1) is 6.92 Å². The summed E-state index contributed by atoms with van der Waals surface area (Å²) in [4.78, 5) is 14.4. The molecule has 0 aliphatic carbocycles. The van der Waals surface area contributed by atoms with Crippen LogP contribution in [-0.2, 0) is 6.54 Å². The van der Waals surface area contributed by atoms with Gasteiger partial charge in [0.05, 0.1) is 5.56 Å². The first-order valence-corrected chi connectivity index (χ1v) is 7.56. The molecule has 0 fully saturated rings. The predicted octanol–water partition coefficient (Wildman–Crippen LogP) is 4.07. The standard InChI is InChI=1S/C17H19BrN2O/c1-12-4-9-16(18)15(10-12)17(21)19-14-7-5-13(6-8-14)11-20(2)3/h4-10H,11H2,1-3H3,(H,19,21). The molecule has 0 aliphatic rings. The van der Waals surface area contributed by atoms with Gasteiger partial charge in [0.15, 0.2) is 0 Å². The minimum absolute atomic E-state index is 0.106. The van der Waals surface area contributed by atoms with Gasteiger partial charge >= 0.3 is 0 Å². The first-order chi connectivity index (χ1) is 9.95. The Morgan fingerprint density at radius 3 is 2.43 bits per heavy atom. The fourth-order valence-corrected chi connectivity index (χ4v) is 2.50. The first-order valence-electron chi connectivity index (χ1n) is 6.77. The molecule has 0 aliphatic heterocycles. The van der Waals surface area contributed by atoms with E-state index in [1.165, 1.54) is 5.56 Å². The van der Waals surface area contributed by atoms with Crippen LogP contribution < -0.4 is 5.32 Å². The molecule has 0 unspecified atom stereocenters. The van der Waals surface area contributed by atoms with Gasteiger partial charge in [0.1, 0.15) is 0 Å². The lowest BCUT2D eigenvalue weighted by Crippen LogP contribution is -2.13. The zero-order valence-corrected chi connectivity index (χ0v) is 14.1. The van der Waals surface area contributed by atoms with E-state index in [1.807, 2.05) is 63.5 Å². The fourth-order valence-electron chi connectivity index (χ4n) is 2.07. The van der Waals surface area contributed by atoms with Gasteiger partial charge in [-0.15, -0.1) is 0 Å². The fraction of sp³-hybridized carbons (Fsp3) is 0.235. The van der Waals surface area contributed by atoms with Gasteiger partial charge in [-0.2, -0.15) is 0 Å². The highest BCUT2D eigenvalue weighted by atomic mass is 79.9. The van der Waals surface area contributed by atoms with Crippen molar-refractivity contribution in [2.45, 2.75) is 13.5 Å². The van der Waals surface area contributed by atoms with E-state index in [-0.39, 0.29) is 5.91 Å². The molecule has 4 heteroatoms. The van der Waals surface area contributed by atoms with Crippen molar-refractivity contribution >= 4 is 27.5 Å². The number of benzene rings is 2. The van der Waals surface area contributed by atoms with Gasteiger partial charge in [-0.05, 0) is 66.8 Å². The van der Waals surface area contributed by atoms with Gasteiger partial charge in [0.25, 0.3) is 5.91 Å². The van der Waals surface area contributed by atoms with E-state index in [0.717, 1.165) is 22.3 Å². The quantitative estimate of drug-likeness (QED) is 0.904. The monoisotopic (exact) mass is 346 g/mol. The number of carbonyl (C=O) groups is 1. The summed E-state index contributed by atoms with van der Waals surface area (Å²) in [7, 11) is 4.07. The van der Waals surface area contributed by atoms with Crippen molar-refractivity contribution in [3.63, 3.8) is 0 Å². The highest BCUT2D eigenvalue weighted by Crippen LogP contribution is 2.20. The highest BCUT2D eigenvalue weighted by Gasteiger charge is 2.10. The van der Waals surface area contributed by atoms with E-state index in [2.05, 4.69) is 26.1 Å². The molecule has 0 radical (unpaired) electrons. The average Bonchev–Trinajstić information content (AvgIpc) is 2.43. The van der Waals surface area contributed by atoms with Crippen LogP contribution in [0.1, 0.15) is 21.5 Å². The summed E-state index contributed by atoms with van der Waals surface area (Å²) in [5, 5.41) is 2.92. The van der Waals surface area contributed by atoms with Gasteiger partial charge < -0.3 is 10.2 Å². The molecule has 1 amide bonds. The second-order valence-corrected chi connectivity index (χ2v) is 6.23. The Labute approximate surface area is 134 Å². The average molecular weight is 347 g/mol. The Balaban J connectivity index is 2.10. The molecule has 0 spiro atoms. The van der Waals surface area contributed by atoms with E-state index >= 15 is 0 Å². The van der Waals surface area contributed by atoms with Crippen LogP contribution >= 0.6 is 15.9 Å². The van der Waals surface area contributed by atoms with Crippen molar-refractivity contribution in [1.29, 1.82) is 0 Å². The van der Waals surface area contributed by atoms with Gasteiger partial charge in [-0.3, -0.25) is 4.79 Å². The second-order valence-electron chi connectivity index (χ2n) is 5.37. The number of anilines is 1. The second kappa shape index (κ2) is 6.87. The number of halogens is 1. The molecule has 2 aromatic carbocycles. The Hall–Kier alpha value is -1.65. The Kier molecular flexibility index (Phi) is 5.15. The normalized spacial score (nSPS) is 10.7. The van der Waals surface area contributed by atoms with Gasteiger partial charge in [0.2, 0.25) is 0 Å². The molecule has 0 heterocycles. The van der Waals surface area contributed by atoms with Crippen molar-refractivity contribution < 1.29 is 4.79 Å². The lowest BCUT2D eigenvalue weighted by molar-refractivity contribution is 0.102. The third-order valence-electron chi connectivity index (χ3n) is 3.08. The lowest BCUT2D eigenvalue weighted by Gasteiger charge is -2.11. The zero-order chi connectivity index (χ0) is 15.4. The van der Waals surface area contributed by atoms with E-state index < -0.39 is 0 Å². The lowest BCUT2D eigenvalue weighted by atomic mass is 10.1. The van der Waals surface area contributed by atoms with Crippen molar-refractivity contribution in [2.24, 2.45) is 0 Å². The molecule has 0 saturated carbocycles. The number of nitrogens with one attached hydrogen (secondary N) is 1. The van der Waals surface area contributed by atoms with Crippen molar-refractivity contribution in [3.05, 3.63) is 63.6 Å². The largest absolute Gasteiger partial charge is 0.322 e. The predicted molar refractivity (Wildman–Crippen MR) is 90.7 cm³/mol. The maximum absolute atomic E-state index is 12.3. The highest BCUT2D eigenvalue weighted by molar-refractivity contribution is 9.10. The molecular formula is C17H19BrN2O. The van der Waals surface area contributed by atoms with Crippen LogP contribution in [0.4, 0.5) is 5.69 Å². The summed E-state index contributed by atoms with van der Waals surface area (Å²) in [6.07, 6.45) is 0. The molecule has 2 rings (SSSR count). The first kappa shape index (κ1) is 15.7. The third-order valence-corrected chi connectivity index (χ3v) is 3.77. The minimum atomic E-state index is -0.106. The summed E-state index contributed by atoms with van der Waals surface area (Å²) >= 11 is 3.42. The molecule has 21 heavy (non-hydrogen) atoms. The number of amides is 1. The van der Waals surface area contributed by atoms with Crippen molar-refractivity contribution in [3.8, 4) is 0 Å². The Morgan fingerprint density at radius 1 is 1.14 bits per heavy atom. The topological polar surface area (TPSA) is 32.3 Å². The van der Waals surface area contributed by atoms with Gasteiger partial charge in [-0.1, -0.05) is 23.8 Å². The van der Waals surface area contributed by atoms with E-state index in [9.17, 15) is 4.79 Å². The maximum atomic E-state index is 12.3. The number of carbonyl (C=O) groups excluding carboxylic acids is 1.